The minimum absolute atomic E-state index is 0.502. The standard InChI is InChI=1S/C15H20N4O/c1-3-19-15(16-10-17-19)9-14(20)12-4-5-13-11(8-12)6-7-18(13)2/h4-5,8,10,14,20H,3,6-7,9H2,1-2H3. The third-order valence-electron chi connectivity index (χ3n) is 3.99. The molecule has 5 heteroatoms. The van der Waals surface area contributed by atoms with Gasteiger partial charge in [-0.05, 0) is 30.5 Å². The maximum Gasteiger partial charge on any atom is 0.138 e. The second kappa shape index (κ2) is 5.25. The number of aliphatic hydroxyl groups excluding tert-OH is 1. The Morgan fingerprint density at radius 3 is 3.05 bits per heavy atom. The highest BCUT2D eigenvalue weighted by Crippen LogP contribution is 2.30. The van der Waals surface area contributed by atoms with Crippen LogP contribution >= 0.6 is 0 Å². The van der Waals surface area contributed by atoms with Crippen LogP contribution in [0.3, 0.4) is 0 Å². The molecule has 1 aliphatic heterocycles. The van der Waals surface area contributed by atoms with Gasteiger partial charge in [-0.25, -0.2) is 4.98 Å². The minimum Gasteiger partial charge on any atom is -0.388 e. The Bertz CT molecular complexity index is 608. The number of benzene rings is 1. The second-order valence-corrected chi connectivity index (χ2v) is 5.27. The number of aromatic nitrogens is 3. The van der Waals surface area contributed by atoms with Crippen LogP contribution in [0.25, 0.3) is 0 Å². The van der Waals surface area contributed by atoms with Crippen molar-refractivity contribution in [3.8, 4) is 0 Å². The van der Waals surface area contributed by atoms with E-state index in [1.165, 1.54) is 11.3 Å². The molecule has 0 bridgehead atoms. The van der Waals surface area contributed by atoms with E-state index in [2.05, 4.69) is 34.2 Å². The third-order valence-corrected chi connectivity index (χ3v) is 3.99. The molecule has 0 saturated heterocycles. The maximum absolute atomic E-state index is 10.4. The number of hydrogen-bond acceptors (Lipinski definition) is 4. The quantitative estimate of drug-likeness (QED) is 0.918. The van der Waals surface area contributed by atoms with Gasteiger partial charge in [0, 0.05) is 32.2 Å². The fourth-order valence-electron chi connectivity index (χ4n) is 2.80. The molecule has 1 unspecified atom stereocenters. The zero-order valence-electron chi connectivity index (χ0n) is 12.0. The molecule has 0 spiro atoms. The average Bonchev–Trinajstić information content (AvgIpc) is 3.05. The van der Waals surface area contributed by atoms with Crippen molar-refractivity contribution in [2.45, 2.75) is 32.4 Å². The molecule has 0 fully saturated rings. The van der Waals surface area contributed by atoms with E-state index >= 15 is 0 Å². The zero-order chi connectivity index (χ0) is 14.1. The molecule has 1 aromatic carbocycles. The molecule has 20 heavy (non-hydrogen) atoms. The van der Waals surface area contributed by atoms with Gasteiger partial charge in [0.25, 0.3) is 0 Å². The van der Waals surface area contributed by atoms with E-state index in [1.54, 1.807) is 6.33 Å². The first kappa shape index (κ1) is 13.1. The molecule has 5 nitrogen and oxygen atoms in total. The third kappa shape index (κ3) is 2.29. The number of hydrogen-bond donors (Lipinski definition) is 1. The number of fused-ring (bicyclic) bond motifs is 1. The topological polar surface area (TPSA) is 54.2 Å². The van der Waals surface area contributed by atoms with Gasteiger partial charge in [0.1, 0.15) is 12.2 Å². The van der Waals surface area contributed by atoms with Crippen LogP contribution in [-0.4, -0.2) is 33.5 Å². The molecule has 1 aromatic heterocycles. The molecule has 0 saturated carbocycles. The number of aryl methyl sites for hydroxylation is 1. The lowest BCUT2D eigenvalue weighted by Gasteiger charge is -2.15. The fraction of sp³-hybridized carbons (Fsp3) is 0.467. The van der Waals surface area contributed by atoms with Gasteiger partial charge in [0.05, 0.1) is 6.10 Å². The van der Waals surface area contributed by atoms with E-state index in [1.807, 2.05) is 17.7 Å². The van der Waals surface area contributed by atoms with E-state index in [4.69, 9.17) is 0 Å². The van der Waals surface area contributed by atoms with Gasteiger partial charge < -0.3 is 10.0 Å². The highest BCUT2D eigenvalue weighted by atomic mass is 16.3. The van der Waals surface area contributed by atoms with Crippen molar-refractivity contribution >= 4 is 5.69 Å². The summed E-state index contributed by atoms with van der Waals surface area (Å²) in [6, 6.07) is 6.24. The van der Waals surface area contributed by atoms with Crippen molar-refractivity contribution < 1.29 is 5.11 Å². The van der Waals surface area contributed by atoms with E-state index < -0.39 is 6.10 Å². The summed E-state index contributed by atoms with van der Waals surface area (Å²) in [7, 11) is 2.10. The van der Waals surface area contributed by atoms with Crippen molar-refractivity contribution in [2.75, 3.05) is 18.5 Å². The Balaban J connectivity index is 1.79. The van der Waals surface area contributed by atoms with Crippen LogP contribution < -0.4 is 4.90 Å². The summed E-state index contributed by atoms with van der Waals surface area (Å²) in [4.78, 5) is 6.47. The van der Waals surface area contributed by atoms with Crippen LogP contribution in [0.2, 0.25) is 0 Å². The predicted molar refractivity (Wildman–Crippen MR) is 77.8 cm³/mol. The summed E-state index contributed by atoms with van der Waals surface area (Å²) < 4.78 is 1.82. The first-order chi connectivity index (χ1) is 9.69. The lowest BCUT2D eigenvalue weighted by Crippen LogP contribution is -2.12. The first-order valence-corrected chi connectivity index (χ1v) is 7.07. The van der Waals surface area contributed by atoms with Crippen LogP contribution in [0.5, 0.6) is 0 Å². The van der Waals surface area contributed by atoms with E-state index in [0.717, 1.165) is 30.9 Å². The number of aliphatic hydroxyl groups is 1. The van der Waals surface area contributed by atoms with Crippen molar-refractivity contribution in [3.05, 3.63) is 41.5 Å². The molecule has 1 atom stereocenters. The Morgan fingerprint density at radius 1 is 1.40 bits per heavy atom. The summed E-state index contributed by atoms with van der Waals surface area (Å²) in [5.74, 6) is 0.831. The zero-order valence-corrected chi connectivity index (χ0v) is 12.0. The molecule has 3 rings (SSSR count). The summed E-state index contributed by atoms with van der Waals surface area (Å²) in [5.41, 5.74) is 3.56. The normalized spacial score (nSPS) is 15.4. The molecule has 2 heterocycles. The van der Waals surface area contributed by atoms with Gasteiger partial charge in [0.15, 0.2) is 0 Å². The lowest BCUT2D eigenvalue weighted by molar-refractivity contribution is 0.174. The molecule has 106 valence electrons. The molecule has 0 radical (unpaired) electrons. The Kier molecular flexibility index (Phi) is 3.44. The summed E-state index contributed by atoms with van der Waals surface area (Å²) in [6.07, 6.45) is 2.57. The minimum atomic E-state index is -0.527. The van der Waals surface area contributed by atoms with Crippen molar-refractivity contribution in [3.63, 3.8) is 0 Å². The second-order valence-electron chi connectivity index (χ2n) is 5.27. The molecule has 1 N–H and O–H groups in total. The Hall–Kier alpha value is -1.88. The van der Waals surface area contributed by atoms with Crippen LogP contribution in [0.1, 0.15) is 30.0 Å². The summed E-state index contributed by atoms with van der Waals surface area (Å²) in [5, 5.41) is 14.6. The number of rotatable bonds is 4. The van der Waals surface area contributed by atoms with Crippen molar-refractivity contribution in [2.24, 2.45) is 0 Å². The van der Waals surface area contributed by atoms with Crippen LogP contribution in [0.15, 0.2) is 24.5 Å². The highest BCUT2D eigenvalue weighted by molar-refractivity contribution is 5.58. The first-order valence-electron chi connectivity index (χ1n) is 7.07. The number of nitrogens with zero attached hydrogens (tertiary/aromatic N) is 4. The molecular weight excluding hydrogens is 252 g/mol. The van der Waals surface area contributed by atoms with Gasteiger partial charge in [-0.1, -0.05) is 12.1 Å². The Labute approximate surface area is 118 Å². The van der Waals surface area contributed by atoms with Crippen molar-refractivity contribution in [1.29, 1.82) is 0 Å². The number of anilines is 1. The Morgan fingerprint density at radius 2 is 2.25 bits per heavy atom. The van der Waals surface area contributed by atoms with Crippen LogP contribution in [0, 0.1) is 0 Å². The molecule has 2 aromatic rings. The average molecular weight is 272 g/mol. The summed E-state index contributed by atoms with van der Waals surface area (Å²) in [6.45, 7) is 3.85. The molecule has 1 aliphatic rings. The van der Waals surface area contributed by atoms with E-state index in [-0.39, 0.29) is 0 Å². The molecular formula is C15H20N4O. The molecule has 0 aliphatic carbocycles. The van der Waals surface area contributed by atoms with Gasteiger partial charge in [-0.3, -0.25) is 4.68 Å². The number of likely N-dealkylation sites (N-methyl/N-ethyl adjacent to an activating group) is 1. The monoisotopic (exact) mass is 272 g/mol. The smallest absolute Gasteiger partial charge is 0.138 e. The van der Waals surface area contributed by atoms with E-state index in [0.29, 0.717) is 6.42 Å². The van der Waals surface area contributed by atoms with Gasteiger partial charge in [-0.15, -0.1) is 0 Å². The predicted octanol–water partition coefficient (Wildman–Crippen LogP) is 1.57. The lowest BCUT2D eigenvalue weighted by atomic mass is 10.0. The van der Waals surface area contributed by atoms with Crippen LogP contribution in [-0.2, 0) is 19.4 Å². The van der Waals surface area contributed by atoms with Gasteiger partial charge in [-0.2, -0.15) is 5.10 Å². The van der Waals surface area contributed by atoms with E-state index in [9.17, 15) is 5.11 Å². The fourth-order valence-corrected chi connectivity index (χ4v) is 2.80. The molecule has 0 amide bonds. The van der Waals surface area contributed by atoms with Crippen molar-refractivity contribution in [1.82, 2.24) is 14.8 Å². The van der Waals surface area contributed by atoms with Crippen LogP contribution in [0.4, 0.5) is 5.69 Å². The highest BCUT2D eigenvalue weighted by Gasteiger charge is 2.19. The SMILES string of the molecule is CCn1ncnc1CC(O)c1ccc2c(c1)CCN2C. The summed E-state index contributed by atoms with van der Waals surface area (Å²) >= 11 is 0. The van der Waals surface area contributed by atoms with Gasteiger partial charge in [0.2, 0.25) is 0 Å². The van der Waals surface area contributed by atoms with Gasteiger partial charge >= 0.3 is 0 Å². The largest absolute Gasteiger partial charge is 0.388 e. The maximum atomic E-state index is 10.4.